The van der Waals surface area contributed by atoms with Crippen LogP contribution in [0.3, 0.4) is 0 Å². The molecule has 1 heterocycles. The van der Waals surface area contributed by atoms with Gasteiger partial charge in [0.05, 0.1) is 32.1 Å². The number of hydrogen-bond donors (Lipinski definition) is 5. The predicted octanol–water partition coefficient (Wildman–Crippen LogP) is 7.82. The van der Waals surface area contributed by atoms with Gasteiger partial charge in [0.2, 0.25) is 24.2 Å². The molecule has 80 heavy (non-hydrogen) atoms. The van der Waals surface area contributed by atoms with E-state index in [4.69, 9.17) is 33.2 Å². The number of aliphatic hydroxyl groups excluding tert-OH is 1. The molecular weight excluding hydrogens is 1020 g/mol. The molecule has 0 unspecified atom stereocenters. The maximum Gasteiger partial charge on any atom is 0.407 e. The van der Waals surface area contributed by atoms with Gasteiger partial charge in [0.15, 0.2) is 6.10 Å². The Morgan fingerprint density at radius 1 is 0.713 bits per heavy atom. The van der Waals surface area contributed by atoms with Gasteiger partial charge in [-0.05, 0) is 94.6 Å². The van der Waals surface area contributed by atoms with Crippen LogP contribution in [0, 0.1) is 0 Å². The molecule has 0 aromatic heterocycles. The van der Waals surface area contributed by atoms with Gasteiger partial charge in [0.25, 0.3) is 0 Å². The summed E-state index contributed by atoms with van der Waals surface area (Å²) in [5.41, 5.74) is 6.93. The maximum absolute atomic E-state index is 14.2. The van der Waals surface area contributed by atoms with Crippen LogP contribution in [0.1, 0.15) is 85.3 Å². The third-order valence-electron chi connectivity index (χ3n) is 14.1. The average molecular weight is 1090 g/mol. The highest BCUT2D eigenvalue weighted by Gasteiger charge is 2.47. The van der Waals surface area contributed by atoms with Crippen molar-refractivity contribution >= 4 is 41.5 Å². The van der Waals surface area contributed by atoms with Gasteiger partial charge >= 0.3 is 24.0 Å². The van der Waals surface area contributed by atoms with Crippen molar-refractivity contribution in [1.29, 1.82) is 0 Å². The second kappa shape index (κ2) is 27.3. The normalized spacial score (nSPS) is 16.9. The van der Waals surface area contributed by atoms with Gasteiger partial charge in [0.1, 0.15) is 30.3 Å². The van der Waals surface area contributed by atoms with E-state index < -0.39 is 78.6 Å². The second-order valence-corrected chi connectivity index (χ2v) is 19.3. The molecule has 5 atom stereocenters. The first-order valence-electron chi connectivity index (χ1n) is 26.5. The summed E-state index contributed by atoms with van der Waals surface area (Å²) in [6.45, 7) is 2.26. The van der Waals surface area contributed by atoms with Crippen molar-refractivity contribution in [2.45, 2.75) is 94.7 Å². The number of carbonyl (C=O) groups is 6. The number of unbranched alkanes of at least 4 members (excludes halogenated alkanes) is 1. The van der Waals surface area contributed by atoms with Crippen LogP contribution >= 0.6 is 0 Å². The lowest BCUT2D eigenvalue weighted by molar-refractivity contribution is -0.251. The maximum atomic E-state index is 14.2. The molecule has 3 amide bonds. The molecule has 8 rings (SSSR count). The van der Waals surface area contributed by atoms with E-state index in [1.165, 1.54) is 18.2 Å². The number of alkyl carbamates (subject to hydrolysis) is 1. The average Bonchev–Trinajstić information content (AvgIpc) is 3.80. The number of ether oxygens (including phenoxy) is 7. The summed E-state index contributed by atoms with van der Waals surface area (Å²) >= 11 is 0. The zero-order valence-electron chi connectivity index (χ0n) is 45.0. The number of methoxy groups -OCH3 is 2. The van der Waals surface area contributed by atoms with Crippen LogP contribution in [0.4, 0.5) is 10.5 Å². The Balaban J connectivity index is 0.959. The summed E-state index contributed by atoms with van der Waals surface area (Å²) < 4.78 is 39.2. The predicted molar refractivity (Wildman–Crippen MR) is 295 cm³/mol. The van der Waals surface area contributed by atoms with E-state index in [9.17, 15) is 33.9 Å². The lowest BCUT2D eigenvalue weighted by atomic mass is 9.77. The molecule has 0 bridgehead atoms. The number of aliphatic hydroxyl groups is 1. The van der Waals surface area contributed by atoms with Crippen molar-refractivity contribution in [1.82, 2.24) is 16.0 Å². The SMILES string of the molecule is COC(=O)[C@@H]1C[C@H](OC(C)=O)[C@@H](OC(C)=O)[C@H](Oc2ccc(CO)cc2NC(=O)CCNC(=O)[C@H](CCCCNC(c2ccccc2)(c2ccccc2)c2ccc(OC)cc2)NC(=O)OCC2c3ccccc3-c3ccccc32)O1. The Kier molecular flexibility index (Phi) is 19.7. The van der Waals surface area contributed by atoms with Gasteiger partial charge in [-0.3, -0.25) is 24.5 Å². The topological polar surface area (TPSA) is 235 Å². The molecule has 2 aliphatic rings. The molecule has 6 aromatic rings. The molecule has 1 saturated heterocycles. The third-order valence-corrected chi connectivity index (χ3v) is 14.1. The minimum atomic E-state index is -1.54. The number of hydrogen-bond acceptors (Lipinski definition) is 15. The fourth-order valence-electron chi connectivity index (χ4n) is 10.3. The number of fused-ring (bicyclic) bond motifs is 3. The lowest BCUT2D eigenvalue weighted by Crippen LogP contribution is -2.55. The zero-order valence-corrected chi connectivity index (χ0v) is 45.0. The van der Waals surface area contributed by atoms with E-state index in [0.29, 0.717) is 24.9 Å². The van der Waals surface area contributed by atoms with E-state index in [1.54, 1.807) is 7.11 Å². The lowest BCUT2D eigenvalue weighted by Gasteiger charge is -2.39. The third kappa shape index (κ3) is 14.0. The number of carbonyl (C=O) groups excluding carboxylic acids is 6. The van der Waals surface area contributed by atoms with Crippen LogP contribution in [0.25, 0.3) is 11.1 Å². The number of rotatable bonds is 24. The highest BCUT2D eigenvalue weighted by atomic mass is 16.7. The highest BCUT2D eigenvalue weighted by molar-refractivity contribution is 5.93. The quantitative estimate of drug-likeness (QED) is 0.0168. The van der Waals surface area contributed by atoms with Crippen molar-refractivity contribution < 1.29 is 67.0 Å². The molecular formula is C62H66N4O14. The number of nitrogens with one attached hydrogen (secondary N) is 4. The van der Waals surface area contributed by atoms with E-state index in [-0.39, 0.29) is 49.8 Å². The minimum Gasteiger partial charge on any atom is -0.497 e. The second-order valence-electron chi connectivity index (χ2n) is 19.3. The summed E-state index contributed by atoms with van der Waals surface area (Å²) in [5, 5.41) is 22.3. The van der Waals surface area contributed by atoms with Crippen LogP contribution in [0.15, 0.2) is 152 Å². The molecule has 1 fully saturated rings. The van der Waals surface area contributed by atoms with Crippen molar-refractivity contribution in [2.75, 3.05) is 39.2 Å². The summed E-state index contributed by atoms with van der Waals surface area (Å²) in [7, 11) is 2.78. The Bertz CT molecular complexity index is 3020. The van der Waals surface area contributed by atoms with Crippen LogP contribution in [-0.4, -0.2) is 105 Å². The summed E-state index contributed by atoms with van der Waals surface area (Å²) in [6, 6.07) is 47.6. The van der Waals surface area contributed by atoms with Crippen LogP contribution < -0.4 is 30.7 Å². The summed E-state index contributed by atoms with van der Waals surface area (Å²) in [6.07, 6.45) is -5.30. The molecule has 5 N–H and O–H groups in total. The van der Waals surface area contributed by atoms with Gasteiger partial charge < -0.3 is 54.2 Å². The van der Waals surface area contributed by atoms with Gasteiger partial charge in [-0.2, -0.15) is 0 Å². The Morgan fingerprint density at radius 3 is 1.93 bits per heavy atom. The molecule has 1 aliphatic heterocycles. The van der Waals surface area contributed by atoms with Gasteiger partial charge in [-0.25, -0.2) is 9.59 Å². The smallest absolute Gasteiger partial charge is 0.407 e. The zero-order chi connectivity index (χ0) is 56.6. The molecule has 0 spiro atoms. The number of benzene rings is 6. The molecule has 418 valence electrons. The first-order valence-corrected chi connectivity index (χ1v) is 26.5. The van der Waals surface area contributed by atoms with Crippen molar-refractivity contribution in [3.63, 3.8) is 0 Å². The summed E-state index contributed by atoms with van der Waals surface area (Å²) in [5.74, 6) is -2.91. The van der Waals surface area contributed by atoms with Gasteiger partial charge in [0, 0.05) is 39.2 Å². The fourth-order valence-corrected chi connectivity index (χ4v) is 10.3. The van der Waals surface area contributed by atoms with Gasteiger partial charge in [-0.1, -0.05) is 127 Å². The van der Waals surface area contributed by atoms with Crippen LogP contribution in [0.2, 0.25) is 0 Å². The van der Waals surface area contributed by atoms with E-state index >= 15 is 0 Å². The first kappa shape index (κ1) is 57.6. The van der Waals surface area contributed by atoms with E-state index in [2.05, 4.69) is 45.5 Å². The number of amides is 3. The Hall–Kier alpha value is -8.58. The molecule has 18 heteroatoms. The molecule has 18 nitrogen and oxygen atoms in total. The van der Waals surface area contributed by atoms with Crippen molar-refractivity contribution in [3.8, 4) is 22.6 Å². The highest BCUT2D eigenvalue weighted by Crippen LogP contribution is 2.45. The van der Waals surface area contributed by atoms with E-state index in [1.807, 2.05) is 109 Å². The Morgan fingerprint density at radius 2 is 1.32 bits per heavy atom. The van der Waals surface area contributed by atoms with Crippen molar-refractivity contribution in [3.05, 3.63) is 185 Å². The van der Waals surface area contributed by atoms with Gasteiger partial charge in [-0.15, -0.1) is 0 Å². The van der Waals surface area contributed by atoms with Crippen LogP contribution in [-0.2, 0) is 59.8 Å². The number of anilines is 1. The largest absolute Gasteiger partial charge is 0.497 e. The van der Waals surface area contributed by atoms with E-state index in [0.717, 1.165) is 65.7 Å². The number of esters is 3. The van der Waals surface area contributed by atoms with Crippen LogP contribution in [0.5, 0.6) is 11.5 Å². The summed E-state index contributed by atoms with van der Waals surface area (Å²) in [4.78, 5) is 78.7. The molecule has 0 saturated carbocycles. The van der Waals surface area contributed by atoms with Crippen molar-refractivity contribution in [2.24, 2.45) is 0 Å². The molecule has 0 radical (unpaired) electrons. The monoisotopic (exact) mass is 1090 g/mol. The standard InChI is InChI=1S/C62H66N4O14/c1-39(68)77-54-36-55(59(72)75-4)80-60(57(54)78-40(2)69)79-53-31-26-41(37-67)35-52(53)65-56(70)32-34-63-58(71)51(66-61(73)76-38-50-48-23-13-11-21-46(48)47-22-12-14-24-49(47)50)25-15-16-33-64-62(42-17-7-5-8-18-42,43-19-9-6-10-20-43)44-27-29-45(74-3)30-28-44/h5-14,17-24,26-31,35,50-51,54-55,57,60,64,67H,15-16,25,32-34,36-38H2,1-4H3,(H,63,71)(H,65,70)(H,66,73)/t51-,54-,55-,57+,60+/m0/s1. The Labute approximate surface area is 464 Å². The molecule has 1 aliphatic carbocycles. The first-order chi connectivity index (χ1) is 38.8. The minimum absolute atomic E-state index is 0.0237. The molecule has 6 aromatic carbocycles. The fraction of sp³-hybridized carbons (Fsp3) is 0.323.